The van der Waals surface area contributed by atoms with Gasteiger partial charge in [-0.25, -0.2) is 0 Å². The maximum absolute atomic E-state index is 11.4. The van der Waals surface area contributed by atoms with Crippen molar-refractivity contribution in [1.82, 2.24) is 5.32 Å². The molecule has 0 aromatic heterocycles. The number of rotatable bonds is 9. The summed E-state index contributed by atoms with van der Waals surface area (Å²) in [4.78, 5) is 22.5. The normalized spacial score (nSPS) is 12.8. The second-order valence-corrected chi connectivity index (χ2v) is 7.14. The fourth-order valence-electron chi connectivity index (χ4n) is 1.28. The Labute approximate surface area is 123 Å². The fourth-order valence-corrected chi connectivity index (χ4v) is 1.53. The van der Waals surface area contributed by atoms with Gasteiger partial charge in [0.05, 0.1) is 0 Å². The van der Waals surface area contributed by atoms with Crippen LogP contribution < -0.4 is 5.32 Å². The molecule has 0 fully saturated rings. The monoisotopic (exact) mass is 364 g/mol. The predicted molar refractivity (Wildman–Crippen MR) is 82.3 cm³/mol. The number of nitrogens with one attached hydrogen (secondary N) is 1. The third-order valence-electron chi connectivity index (χ3n) is 2.21. The third-order valence-corrected chi connectivity index (χ3v) is 2.43. The first-order valence-electron chi connectivity index (χ1n) is 5.99. The Hall–Kier alpha value is -0.235. The maximum atomic E-state index is 11.4. The van der Waals surface area contributed by atoms with E-state index in [-0.39, 0.29) is 17.8 Å². The number of unbranched alkanes of at least 4 members (excludes halogenated alkanes) is 1. The summed E-state index contributed by atoms with van der Waals surface area (Å²) in [6, 6.07) is -0.268. The summed E-state index contributed by atoms with van der Waals surface area (Å²) in [7, 11) is 5.13. The molecule has 101 valence electrons. The molecule has 4 nitrogen and oxygen atoms in total. The average molecular weight is 364 g/mol. The van der Waals surface area contributed by atoms with E-state index in [1.807, 2.05) is 13.8 Å². The molecule has 0 saturated carbocycles. The summed E-state index contributed by atoms with van der Waals surface area (Å²) in [6.45, 7) is 6.12. The SMILES string of the molecule is [B]=CC(=O)C(C)NCCCCC(=O)OC(C)(C)I. The minimum atomic E-state index is -0.453. The van der Waals surface area contributed by atoms with E-state index in [1.165, 1.54) is 0 Å². The second kappa shape index (κ2) is 8.80. The molecule has 0 bridgehead atoms. The van der Waals surface area contributed by atoms with Crippen LogP contribution in [-0.2, 0) is 14.3 Å². The summed E-state index contributed by atoms with van der Waals surface area (Å²) in [5.41, 5.74) is 0. The summed E-state index contributed by atoms with van der Waals surface area (Å²) in [5.74, 6) is 0.757. The van der Waals surface area contributed by atoms with Gasteiger partial charge < -0.3 is 0 Å². The number of halogens is 1. The Morgan fingerprint density at radius 3 is 2.56 bits per heavy atom. The number of hydrogen-bond acceptors (Lipinski definition) is 4. The number of alkyl halides is 1. The van der Waals surface area contributed by atoms with Crippen molar-refractivity contribution in [1.29, 1.82) is 0 Å². The summed E-state index contributed by atoms with van der Waals surface area (Å²) in [6.07, 6.45) is 1.96. The van der Waals surface area contributed by atoms with Gasteiger partial charge in [0.1, 0.15) is 0 Å². The predicted octanol–water partition coefficient (Wildman–Crippen LogP) is 1.39. The first kappa shape index (κ1) is 17.8. The molecular formula is C12H20BINO3. The summed E-state index contributed by atoms with van der Waals surface area (Å²) < 4.78 is 4.72. The Morgan fingerprint density at radius 1 is 1.44 bits per heavy atom. The Kier molecular flexibility index (Phi) is 8.68. The van der Waals surface area contributed by atoms with Gasteiger partial charge in [-0.3, -0.25) is 0 Å². The van der Waals surface area contributed by atoms with Gasteiger partial charge in [-0.05, 0) is 0 Å². The van der Waals surface area contributed by atoms with Gasteiger partial charge in [0.15, 0.2) is 0 Å². The van der Waals surface area contributed by atoms with Crippen molar-refractivity contribution in [2.45, 2.75) is 49.7 Å². The fraction of sp³-hybridized carbons (Fsp3) is 0.750. The zero-order chi connectivity index (χ0) is 14.2. The van der Waals surface area contributed by atoms with Crippen molar-refractivity contribution >= 4 is 47.8 Å². The molecule has 0 spiro atoms. The van der Waals surface area contributed by atoms with E-state index in [9.17, 15) is 9.59 Å². The van der Waals surface area contributed by atoms with Crippen LogP contribution in [0, 0.1) is 0 Å². The first-order valence-corrected chi connectivity index (χ1v) is 7.07. The van der Waals surface area contributed by atoms with Crippen LogP contribution in [0.1, 0.15) is 40.0 Å². The number of esters is 1. The summed E-state index contributed by atoms with van der Waals surface area (Å²) in [5, 5.41) is 3.04. The topological polar surface area (TPSA) is 55.4 Å². The van der Waals surface area contributed by atoms with Crippen molar-refractivity contribution in [3.63, 3.8) is 0 Å². The Morgan fingerprint density at radius 2 is 2.06 bits per heavy atom. The standard InChI is InChI=1S/C12H20BINO3/c1-9(10(16)8-13)15-7-5-4-6-11(17)18-12(2,3)14/h8-9,15H,4-7H2,1-3H3. The van der Waals surface area contributed by atoms with Crippen LogP contribution in [0.25, 0.3) is 0 Å². The van der Waals surface area contributed by atoms with Gasteiger partial charge in [-0.2, -0.15) is 0 Å². The van der Waals surface area contributed by atoms with Gasteiger partial charge in [-0.15, -0.1) is 0 Å². The Bertz CT molecular complexity index is 302. The molecule has 1 N–H and O–H groups in total. The van der Waals surface area contributed by atoms with E-state index in [0.717, 1.165) is 18.8 Å². The number of Topliss-reactive ketones (excluding diaryl/α,β-unsaturated/α-hetero) is 1. The molecule has 6 heteroatoms. The molecule has 0 aliphatic rings. The zero-order valence-corrected chi connectivity index (χ0v) is 13.3. The molecule has 18 heavy (non-hydrogen) atoms. The molecule has 0 rings (SSSR count). The van der Waals surface area contributed by atoms with E-state index < -0.39 is 3.61 Å². The summed E-state index contributed by atoms with van der Waals surface area (Å²) >= 11 is 2.07. The van der Waals surface area contributed by atoms with Crippen molar-refractivity contribution in [2.24, 2.45) is 0 Å². The number of ether oxygens (including phenoxy) is 1. The van der Waals surface area contributed by atoms with E-state index in [1.54, 1.807) is 6.92 Å². The van der Waals surface area contributed by atoms with E-state index in [4.69, 9.17) is 12.2 Å². The molecule has 0 heterocycles. The first-order chi connectivity index (χ1) is 8.26. The van der Waals surface area contributed by atoms with Crippen molar-refractivity contribution in [3.05, 3.63) is 0 Å². The number of ketones is 1. The van der Waals surface area contributed by atoms with Crippen LogP contribution in [0.2, 0.25) is 0 Å². The van der Waals surface area contributed by atoms with Crippen LogP contribution in [0.15, 0.2) is 0 Å². The molecular weight excluding hydrogens is 344 g/mol. The zero-order valence-electron chi connectivity index (χ0n) is 11.2. The van der Waals surface area contributed by atoms with Crippen molar-refractivity contribution in [2.75, 3.05) is 6.54 Å². The quantitative estimate of drug-likeness (QED) is 0.221. The van der Waals surface area contributed by atoms with Gasteiger partial charge in [0, 0.05) is 0 Å². The van der Waals surface area contributed by atoms with E-state index >= 15 is 0 Å². The average Bonchev–Trinajstić information content (AvgIpc) is 2.24. The molecule has 1 radical (unpaired) electrons. The van der Waals surface area contributed by atoms with E-state index in [2.05, 4.69) is 27.9 Å². The second-order valence-electron chi connectivity index (χ2n) is 4.54. The molecule has 0 aromatic rings. The van der Waals surface area contributed by atoms with Crippen molar-refractivity contribution < 1.29 is 14.3 Å². The van der Waals surface area contributed by atoms with Gasteiger partial charge in [0.2, 0.25) is 0 Å². The molecule has 0 aliphatic carbocycles. The van der Waals surface area contributed by atoms with E-state index in [0.29, 0.717) is 13.0 Å². The van der Waals surface area contributed by atoms with Crippen LogP contribution >= 0.6 is 22.6 Å². The molecule has 1 unspecified atom stereocenters. The number of carbonyl (C=O) groups excluding carboxylic acids is 2. The molecule has 0 aliphatic heterocycles. The van der Waals surface area contributed by atoms with Crippen LogP contribution in [-0.4, -0.2) is 41.4 Å². The molecule has 0 saturated heterocycles. The molecule has 0 amide bonds. The Balaban J connectivity index is 3.60. The third kappa shape index (κ3) is 9.76. The molecule has 0 aromatic carbocycles. The van der Waals surface area contributed by atoms with Gasteiger partial charge in [0.25, 0.3) is 0 Å². The number of carbonyl (C=O) groups is 2. The van der Waals surface area contributed by atoms with Crippen LogP contribution in [0.5, 0.6) is 0 Å². The van der Waals surface area contributed by atoms with Gasteiger partial charge in [-0.1, -0.05) is 0 Å². The van der Waals surface area contributed by atoms with Crippen molar-refractivity contribution in [3.8, 4) is 0 Å². The minimum absolute atomic E-state index is 0.124. The molecule has 1 atom stereocenters. The van der Waals surface area contributed by atoms with Crippen LogP contribution in [0.4, 0.5) is 0 Å². The van der Waals surface area contributed by atoms with Gasteiger partial charge >= 0.3 is 124 Å². The number of hydrogen-bond donors (Lipinski definition) is 1. The van der Waals surface area contributed by atoms with Crippen LogP contribution in [0.3, 0.4) is 0 Å².